The monoisotopic (exact) mass is 902 g/mol. The molecule has 63 heavy (non-hydrogen) atoms. The van der Waals surface area contributed by atoms with E-state index in [1.807, 2.05) is 13.0 Å². The Morgan fingerprint density at radius 1 is 0.952 bits per heavy atom. The van der Waals surface area contributed by atoms with Crippen molar-refractivity contribution in [2.75, 3.05) is 54.1 Å². The third-order valence-electron chi connectivity index (χ3n) is 12.4. The first-order valence-electron chi connectivity index (χ1n) is 21.7. The number of aromatic nitrogens is 2. The second-order valence-corrected chi connectivity index (χ2v) is 18.1. The zero-order valence-corrected chi connectivity index (χ0v) is 37.0. The highest BCUT2D eigenvalue weighted by Crippen LogP contribution is 2.43. The lowest BCUT2D eigenvalue weighted by molar-refractivity contribution is -0.136. The largest absolute Gasteiger partial charge is 0.384 e. The number of carbonyl (C=O) groups excluding carboxylic acids is 6. The molecule has 1 unspecified atom stereocenters. The van der Waals surface area contributed by atoms with Gasteiger partial charge in [-0.3, -0.25) is 39.0 Å². The Morgan fingerprint density at radius 2 is 1.65 bits per heavy atom. The van der Waals surface area contributed by atoms with E-state index in [2.05, 4.69) is 36.1 Å². The number of amides is 6. The molecule has 3 saturated heterocycles. The van der Waals surface area contributed by atoms with Crippen molar-refractivity contribution in [1.82, 2.24) is 25.5 Å². The molecule has 0 saturated carbocycles. The van der Waals surface area contributed by atoms with E-state index < -0.39 is 29.7 Å². The molecular formula is C44H55ClN10O7S. The number of hydrogen-bond acceptors (Lipinski definition) is 14. The predicted octanol–water partition coefficient (Wildman–Crippen LogP) is 4.88. The molecule has 4 aliphatic rings. The lowest BCUT2D eigenvalue weighted by Crippen LogP contribution is -2.54. The van der Waals surface area contributed by atoms with Crippen molar-refractivity contribution in [1.29, 1.82) is 0 Å². The first kappa shape index (κ1) is 45.7. The summed E-state index contributed by atoms with van der Waals surface area (Å²) in [5, 5.41) is 12.0. The zero-order chi connectivity index (χ0) is 44.7. The van der Waals surface area contributed by atoms with Crippen LogP contribution >= 0.6 is 23.4 Å². The van der Waals surface area contributed by atoms with Crippen molar-refractivity contribution in [3.05, 3.63) is 58.7 Å². The van der Waals surface area contributed by atoms with Crippen molar-refractivity contribution < 1.29 is 33.5 Å². The Balaban J connectivity index is 0.752. The van der Waals surface area contributed by atoms with E-state index in [4.69, 9.17) is 27.8 Å². The molecule has 4 aliphatic heterocycles. The van der Waals surface area contributed by atoms with E-state index >= 15 is 0 Å². The average Bonchev–Trinajstić information content (AvgIpc) is 3.69. The minimum absolute atomic E-state index is 0.000698. The Bertz CT molecular complexity index is 2240. The molecule has 5 heterocycles. The molecule has 7 rings (SSSR count). The predicted molar refractivity (Wildman–Crippen MR) is 239 cm³/mol. The number of halogens is 1. The van der Waals surface area contributed by atoms with Gasteiger partial charge in [-0.05, 0) is 63.3 Å². The van der Waals surface area contributed by atoms with Crippen LogP contribution in [0.1, 0.15) is 105 Å². The number of benzene rings is 2. The molecule has 8 N–H and O–H groups in total. The van der Waals surface area contributed by atoms with Crippen LogP contribution in [-0.2, 0) is 23.9 Å². The first-order chi connectivity index (χ1) is 30.3. The van der Waals surface area contributed by atoms with E-state index in [1.165, 1.54) is 11.8 Å². The Morgan fingerprint density at radius 3 is 2.37 bits per heavy atom. The number of nitrogens with two attached hydrogens (primary N) is 2. The van der Waals surface area contributed by atoms with Crippen LogP contribution in [0.3, 0.4) is 0 Å². The molecule has 3 atom stereocenters. The number of imide groups is 2. The lowest BCUT2D eigenvalue weighted by atomic mass is 9.73. The fraction of sp³-hybridized carbons (Fsp3) is 0.500. The van der Waals surface area contributed by atoms with E-state index in [1.54, 1.807) is 36.5 Å². The Hall–Kier alpha value is -5.30. The number of anilines is 4. The summed E-state index contributed by atoms with van der Waals surface area (Å²) in [7, 11) is 0. The van der Waals surface area contributed by atoms with Gasteiger partial charge in [0.2, 0.25) is 23.6 Å². The number of nitrogen functional groups attached to an aromatic ring is 1. The van der Waals surface area contributed by atoms with E-state index in [0.717, 1.165) is 69.4 Å². The third-order valence-corrected chi connectivity index (χ3v) is 14.0. The van der Waals surface area contributed by atoms with Gasteiger partial charge in [0.25, 0.3) is 11.8 Å². The van der Waals surface area contributed by atoms with Crippen molar-refractivity contribution in [3.8, 4) is 0 Å². The van der Waals surface area contributed by atoms with Gasteiger partial charge in [0.05, 0.1) is 40.7 Å². The number of carbonyl (C=O) groups is 6. The van der Waals surface area contributed by atoms with Gasteiger partial charge >= 0.3 is 0 Å². The first-order valence-corrected chi connectivity index (χ1v) is 22.9. The summed E-state index contributed by atoms with van der Waals surface area (Å²) >= 11 is 7.97. The van der Waals surface area contributed by atoms with Crippen LogP contribution in [-0.4, -0.2) is 101 Å². The smallest absolute Gasteiger partial charge is 0.264 e. The number of fused-ring (bicyclic) bond motifs is 1. The summed E-state index contributed by atoms with van der Waals surface area (Å²) in [5.74, 6) is -1.66. The highest BCUT2D eigenvalue weighted by molar-refractivity contribution is 7.99. The minimum Gasteiger partial charge on any atom is -0.384 e. The quantitative estimate of drug-likeness (QED) is 0.0736. The number of piperidine rings is 2. The van der Waals surface area contributed by atoms with Crippen LogP contribution in [0.2, 0.25) is 5.02 Å². The van der Waals surface area contributed by atoms with Crippen LogP contribution < -0.4 is 37.6 Å². The number of nitrogens with one attached hydrogen (secondary N) is 4. The molecule has 0 bridgehead atoms. The maximum Gasteiger partial charge on any atom is 0.264 e. The molecular weight excluding hydrogens is 848 g/mol. The number of unbranched alkanes of at least 4 members (excludes halogenated alkanes) is 5. The molecule has 17 nitrogen and oxygen atoms in total. The van der Waals surface area contributed by atoms with Crippen LogP contribution in [0.4, 0.5) is 23.0 Å². The van der Waals surface area contributed by atoms with Gasteiger partial charge in [-0.1, -0.05) is 61.2 Å². The molecule has 19 heteroatoms. The van der Waals surface area contributed by atoms with Gasteiger partial charge in [0, 0.05) is 67.5 Å². The van der Waals surface area contributed by atoms with Crippen LogP contribution in [0, 0.1) is 5.41 Å². The summed E-state index contributed by atoms with van der Waals surface area (Å²) in [6.45, 7) is 5.42. The fourth-order valence-electron chi connectivity index (χ4n) is 8.66. The lowest BCUT2D eigenvalue weighted by Gasteiger charge is -2.41. The summed E-state index contributed by atoms with van der Waals surface area (Å²) in [6.07, 6.45) is 9.34. The fourth-order valence-corrected chi connectivity index (χ4v) is 9.76. The molecule has 336 valence electrons. The van der Waals surface area contributed by atoms with Gasteiger partial charge in [-0.2, -0.15) is 0 Å². The second-order valence-electron chi connectivity index (χ2n) is 16.7. The number of nitrogens with zero attached hydrogens (tertiary/aromatic N) is 4. The summed E-state index contributed by atoms with van der Waals surface area (Å²) in [5.41, 5.74) is 14.3. The molecule has 3 aromatic rings. The highest BCUT2D eigenvalue weighted by Gasteiger charge is 2.48. The minimum atomic E-state index is -1.01. The van der Waals surface area contributed by atoms with Crippen molar-refractivity contribution in [2.24, 2.45) is 11.1 Å². The van der Waals surface area contributed by atoms with Crippen LogP contribution in [0.15, 0.2) is 52.5 Å². The molecule has 2 aromatic carbocycles. The highest BCUT2D eigenvalue weighted by atomic mass is 35.5. The zero-order valence-electron chi connectivity index (χ0n) is 35.4. The second kappa shape index (κ2) is 20.5. The maximum absolute atomic E-state index is 13.3. The molecule has 0 aliphatic carbocycles. The molecule has 1 aromatic heterocycles. The standard InChI is InChI=1S/C44H55ClN10O7S/c1-26-38(46)44(25-62-26)18-22-54(23-19-44)32-24-50-41(39(47)52-32)63-31-13-9-12-29(37(31)45)51-34(57)17-16-33(56)49-21-7-5-3-2-4-6-20-48-28-11-8-10-27-36(28)43(61)55(42(27)60)30-14-15-35(58)53-40(30)59/h8-13,24,26,30,38,48H,2-7,14-23,25,46H2,1H3,(H2,47,52)(H,49,56)(H,51,57)(H,53,58,59)/t26-,30?,38+/m0/s1. The Kier molecular flexibility index (Phi) is 14.9. The van der Waals surface area contributed by atoms with Gasteiger partial charge in [0.15, 0.2) is 5.82 Å². The Labute approximate surface area is 375 Å². The summed E-state index contributed by atoms with van der Waals surface area (Å²) < 4.78 is 5.85. The van der Waals surface area contributed by atoms with E-state index in [-0.39, 0.29) is 72.0 Å². The van der Waals surface area contributed by atoms with E-state index in [9.17, 15) is 28.8 Å². The molecule has 0 radical (unpaired) electrons. The SMILES string of the molecule is C[C@@H]1OCC2(CCN(c3cnc(Sc4cccc(NC(=O)CCC(=O)NCCCCCCCCNc5cccc6c5C(=O)N(C5CCC(=O)NC5=O)C6=O)c4Cl)c(N)n3)CC2)[C@@H]1N. The van der Waals surface area contributed by atoms with Gasteiger partial charge in [0.1, 0.15) is 16.9 Å². The molecule has 6 amide bonds. The topological polar surface area (TPSA) is 244 Å². The van der Waals surface area contributed by atoms with Crippen LogP contribution in [0.5, 0.6) is 0 Å². The van der Waals surface area contributed by atoms with E-state index in [0.29, 0.717) is 51.8 Å². The van der Waals surface area contributed by atoms with Crippen molar-refractivity contribution in [3.63, 3.8) is 0 Å². The van der Waals surface area contributed by atoms with Crippen LogP contribution in [0.25, 0.3) is 0 Å². The molecule has 1 spiro atoms. The molecule has 3 fully saturated rings. The van der Waals surface area contributed by atoms with Gasteiger partial charge < -0.3 is 37.1 Å². The van der Waals surface area contributed by atoms with Gasteiger partial charge in [-0.15, -0.1) is 0 Å². The maximum atomic E-state index is 13.3. The number of rotatable bonds is 18. The van der Waals surface area contributed by atoms with Gasteiger partial charge in [-0.25, -0.2) is 9.97 Å². The summed E-state index contributed by atoms with van der Waals surface area (Å²) in [4.78, 5) is 88.6. The normalized spacial score (nSPS) is 20.5. The number of hydrogen-bond donors (Lipinski definition) is 6. The average molecular weight is 904 g/mol. The van der Waals surface area contributed by atoms with Crippen molar-refractivity contribution in [2.45, 2.75) is 112 Å². The number of ether oxygens (including phenoxy) is 1. The third kappa shape index (κ3) is 10.6. The van der Waals surface area contributed by atoms with Crippen molar-refractivity contribution >= 4 is 81.8 Å². The summed E-state index contributed by atoms with van der Waals surface area (Å²) in [6, 6.07) is 9.33.